The van der Waals surface area contributed by atoms with E-state index in [2.05, 4.69) is 9.84 Å². The highest BCUT2D eigenvalue weighted by atomic mass is 19.4. The first-order valence-corrected chi connectivity index (χ1v) is 7.29. The van der Waals surface area contributed by atoms with Crippen molar-refractivity contribution in [3.63, 3.8) is 0 Å². The molecular weight excluding hydrogens is 339 g/mol. The maximum atomic E-state index is 13.6. The van der Waals surface area contributed by atoms with Crippen molar-refractivity contribution in [3.05, 3.63) is 54.1 Å². The second-order valence-corrected chi connectivity index (χ2v) is 5.14. The lowest BCUT2D eigenvalue weighted by atomic mass is 10.1. The van der Waals surface area contributed by atoms with Crippen LogP contribution in [0, 0.1) is 0 Å². The van der Waals surface area contributed by atoms with E-state index in [9.17, 15) is 23.2 Å². The highest BCUT2D eigenvalue weighted by Crippen LogP contribution is 2.35. The molecule has 3 rings (SSSR count). The van der Waals surface area contributed by atoms with Crippen molar-refractivity contribution in [2.45, 2.75) is 13.1 Å². The summed E-state index contributed by atoms with van der Waals surface area (Å²) in [7, 11) is 0. The summed E-state index contributed by atoms with van der Waals surface area (Å²) in [5, 5.41) is 14.2. The van der Waals surface area contributed by atoms with Gasteiger partial charge < -0.3 is 4.74 Å². The van der Waals surface area contributed by atoms with Gasteiger partial charge in [0.2, 0.25) is 12.4 Å². The number of aromatic nitrogens is 3. The van der Waals surface area contributed by atoms with Gasteiger partial charge in [0.05, 0.1) is 23.9 Å². The van der Waals surface area contributed by atoms with Gasteiger partial charge in [-0.15, -0.1) is 0 Å². The number of carbonyl (C=O) groups excluding carboxylic acids is 1. The summed E-state index contributed by atoms with van der Waals surface area (Å²) in [6.45, 7) is 1.45. The van der Waals surface area contributed by atoms with Gasteiger partial charge in [-0.2, -0.15) is 18.3 Å². The molecule has 2 heterocycles. The Morgan fingerprint density at radius 3 is 2.80 bits per heavy atom. The van der Waals surface area contributed by atoms with Crippen LogP contribution in [0.3, 0.4) is 0 Å². The van der Waals surface area contributed by atoms with Crippen molar-refractivity contribution in [1.82, 2.24) is 9.78 Å². The summed E-state index contributed by atoms with van der Waals surface area (Å²) >= 11 is 0. The van der Waals surface area contributed by atoms with E-state index < -0.39 is 23.4 Å². The fraction of sp³-hybridized carbons (Fsp3) is 0.188. The highest BCUT2D eigenvalue weighted by Gasteiger charge is 2.41. The van der Waals surface area contributed by atoms with Gasteiger partial charge >= 0.3 is 12.1 Å². The Labute approximate surface area is 139 Å². The van der Waals surface area contributed by atoms with E-state index in [0.717, 1.165) is 10.9 Å². The zero-order valence-electron chi connectivity index (χ0n) is 13.0. The molecule has 0 saturated heterocycles. The van der Waals surface area contributed by atoms with Crippen LogP contribution in [0.2, 0.25) is 0 Å². The monoisotopic (exact) mass is 352 g/mol. The number of nitrogens with zero attached hydrogens (tertiary/aromatic N) is 3. The Morgan fingerprint density at radius 2 is 2.12 bits per heavy atom. The van der Waals surface area contributed by atoms with E-state index in [-0.39, 0.29) is 12.3 Å². The molecule has 9 heteroatoms. The molecule has 6 nitrogen and oxygen atoms in total. The third-order valence-electron chi connectivity index (χ3n) is 3.54. The van der Waals surface area contributed by atoms with Crippen molar-refractivity contribution >= 4 is 16.7 Å². The second kappa shape index (κ2) is 6.08. The highest BCUT2D eigenvalue weighted by molar-refractivity contribution is 5.92. The largest absolute Gasteiger partial charge is 0.462 e. The number of rotatable bonds is 3. The zero-order chi connectivity index (χ0) is 18.2. The normalized spacial score (nSPS) is 11.7. The van der Waals surface area contributed by atoms with Crippen LogP contribution in [0.4, 0.5) is 13.2 Å². The van der Waals surface area contributed by atoms with E-state index in [1.165, 1.54) is 37.5 Å². The van der Waals surface area contributed by atoms with E-state index >= 15 is 0 Å². The van der Waals surface area contributed by atoms with Crippen molar-refractivity contribution in [2.24, 2.45) is 0 Å². The number of hydrogen-bond donors (Lipinski definition) is 1. The number of alkyl halides is 3. The molecule has 1 aromatic carbocycles. The van der Waals surface area contributed by atoms with Crippen molar-refractivity contribution in [2.75, 3.05) is 6.61 Å². The van der Waals surface area contributed by atoms with Gasteiger partial charge in [0.15, 0.2) is 5.69 Å². The second-order valence-electron chi connectivity index (χ2n) is 5.14. The molecule has 0 saturated carbocycles. The van der Waals surface area contributed by atoms with Crippen LogP contribution in [-0.4, -0.2) is 27.6 Å². The standard InChI is InChI=1S/C16H13F3N3O3/c1-2-25-15(23)12-8-20-22(14(12)16(17,18)19)13-5-3-4-10-9-21(24)7-6-11(10)13/h3-9,24H,2H2,1H3/q+1. The predicted octanol–water partition coefficient (Wildman–Crippen LogP) is 2.75. The van der Waals surface area contributed by atoms with Crippen LogP contribution >= 0.6 is 0 Å². The van der Waals surface area contributed by atoms with E-state index in [4.69, 9.17) is 0 Å². The molecule has 0 spiro atoms. The fourth-order valence-corrected chi connectivity index (χ4v) is 2.55. The van der Waals surface area contributed by atoms with Gasteiger partial charge in [-0.05, 0) is 19.1 Å². The molecule has 130 valence electrons. The van der Waals surface area contributed by atoms with Gasteiger partial charge in [-0.3, -0.25) is 5.21 Å². The lowest BCUT2D eigenvalue weighted by Crippen LogP contribution is -2.28. The molecule has 25 heavy (non-hydrogen) atoms. The van der Waals surface area contributed by atoms with Crippen LogP contribution in [0.15, 0.2) is 42.9 Å². The lowest BCUT2D eigenvalue weighted by molar-refractivity contribution is -0.903. The molecule has 0 atom stereocenters. The van der Waals surface area contributed by atoms with Gasteiger partial charge in [0.25, 0.3) is 0 Å². The molecule has 0 unspecified atom stereocenters. The van der Waals surface area contributed by atoms with E-state index in [1.54, 1.807) is 6.07 Å². The summed E-state index contributed by atoms with van der Waals surface area (Å²) in [5.74, 6) is -1.09. The summed E-state index contributed by atoms with van der Waals surface area (Å²) in [6, 6.07) is 6.07. The molecule has 1 N–H and O–H groups in total. The van der Waals surface area contributed by atoms with Gasteiger partial charge in [0.1, 0.15) is 5.56 Å². The third-order valence-corrected chi connectivity index (χ3v) is 3.54. The van der Waals surface area contributed by atoms with Gasteiger partial charge in [-0.1, -0.05) is 6.07 Å². The fourth-order valence-electron chi connectivity index (χ4n) is 2.55. The molecule has 2 aromatic heterocycles. The average Bonchev–Trinajstić information content (AvgIpc) is 2.99. The molecule has 0 radical (unpaired) electrons. The molecule has 0 aliphatic carbocycles. The maximum absolute atomic E-state index is 13.6. The lowest BCUT2D eigenvalue weighted by Gasteiger charge is -2.13. The number of benzene rings is 1. The quantitative estimate of drug-likeness (QED) is 0.447. The zero-order valence-corrected chi connectivity index (χ0v) is 13.0. The van der Waals surface area contributed by atoms with Crippen LogP contribution in [0.1, 0.15) is 23.0 Å². The molecule has 0 fully saturated rings. The predicted molar refractivity (Wildman–Crippen MR) is 79.4 cm³/mol. The molecule has 0 aliphatic rings. The van der Waals surface area contributed by atoms with Gasteiger partial charge in [-0.25, -0.2) is 9.48 Å². The Bertz CT molecular complexity index is 951. The number of halogens is 3. The number of ether oxygens (including phenoxy) is 1. The molecular formula is C16H13F3N3O3+. The van der Waals surface area contributed by atoms with E-state index in [1.807, 2.05) is 0 Å². The number of fused-ring (bicyclic) bond motifs is 1. The molecule has 0 aliphatic heterocycles. The van der Waals surface area contributed by atoms with Crippen molar-refractivity contribution < 1.29 is 32.6 Å². The Kier molecular flexibility index (Phi) is 4.07. The minimum Gasteiger partial charge on any atom is -0.462 e. The van der Waals surface area contributed by atoms with Crippen LogP contribution < -0.4 is 4.73 Å². The summed E-state index contributed by atoms with van der Waals surface area (Å²) in [5.41, 5.74) is -1.74. The first kappa shape index (κ1) is 16.7. The minimum absolute atomic E-state index is 0.0495. The van der Waals surface area contributed by atoms with Crippen LogP contribution in [-0.2, 0) is 10.9 Å². The Hall–Kier alpha value is -3.10. The number of hydrogen-bond acceptors (Lipinski definition) is 4. The Balaban J connectivity index is 2.27. The summed E-state index contributed by atoms with van der Waals surface area (Å²) < 4.78 is 46.9. The number of carbonyl (C=O) groups is 1. The molecule has 0 bridgehead atoms. The van der Waals surface area contributed by atoms with Gasteiger partial charge in [0, 0.05) is 16.2 Å². The first-order chi connectivity index (χ1) is 11.8. The van der Waals surface area contributed by atoms with Crippen LogP contribution in [0.25, 0.3) is 16.5 Å². The van der Waals surface area contributed by atoms with E-state index in [0.29, 0.717) is 15.5 Å². The number of esters is 1. The van der Waals surface area contributed by atoms with Crippen LogP contribution in [0.5, 0.6) is 0 Å². The number of pyridine rings is 1. The average molecular weight is 352 g/mol. The van der Waals surface area contributed by atoms with Crippen molar-refractivity contribution in [3.8, 4) is 5.69 Å². The summed E-state index contributed by atoms with van der Waals surface area (Å²) in [4.78, 5) is 11.9. The van der Waals surface area contributed by atoms with Crippen molar-refractivity contribution in [1.29, 1.82) is 0 Å². The topological polar surface area (TPSA) is 68.2 Å². The molecule has 3 aromatic rings. The third kappa shape index (κ3) is 3.00. The smallest absolute Gasteiger partial charge is 0.434 e. The Morgan fingerprint density at radius 1 is 1.36 bits per heavy atom. The molecule has 0 amide bonds. The SMILES string of the molecule is CCOC(=O)c1cnn(-c2cccc3c[n+](O)ccc23)c1C(F)(F)F. The first-order valence-electron chi connectivity index (χ1n) is 7.29. The summed E-state index contributed by atoms with van der Waals surface area (Å²) in [6.07, 6.45) is -1.34. The maximum Gasteiger partial charge on any atom is 0.434 e. The minimum atomic E-state index is -4.81.